The van der Waals surface area contributed by atoms with Crippen LogP contribution in [0, 0.1) is 11.3 Å². The lowest BCUT2D eigenvalue weighted by Gasteiger charge is -2.37. The molecule has 1 saturated heterocycles. The Bertz CT molecular complexity index is 582. The first kappa shape index (κ1) is 21.0. The van der Waals surface area contributed by atoms with E-state index in [1.807, 2.05) is 11.3 Å². The zero-order valence-corrected chi connectivity index (χ0v) is 17.0. The molecule has 7 heteroatoms. The Morgan fingerprint density at radius 3 is 3.16 bits per heavy atom. The van der Waals surface area contributed by atoms with E-state index < -0.39 is 0 Å². The van der Waals surface area contributed by atoms with Crippen molar-refractivity contribution in [3.05, 3.63) is 21.9 Å². The molecule has 1 aromatic heterocycles. The van der Waals surface area contributed by atoms with Crippen molar-refractivity contribution in [2.24, 2.45) is 11.3 Å². The minimum atomic E-state index is -0.110. The van der Waals surface area contributed by atoms with E-state index in [0.29, 0.717) is 11.8 Å². The largest absolute Gasteiger partial charge is 0.354 e. The molecule has 0 unspecified atom stereocenters. The van der Waals surface area contributed by atoms with E-state index in [0.717, 1.165) is 52.1 Å². The first-order valence-electron chi connectivity index (χ1n) is 9.04. The monoisotopic (exact) mass is 405 g/mol. The van der Waals surface area contributed by atoms with Gasteiger partial charge in [0.2, 0.25) is 5.91 Å². The maximum absolute atomic E-state index is 12.8. The predicted octanol–water partition coefficient (Wildman–Crippen LogP) is 2.85. The lowest BCUT2D eigenvalue weighted by Crippen LogP contribution is -2.49. The molecule has 4 rings (SSSR count). The van der Waals surface area contributed by atoms with Crippen molar-refractivity contribution in [2.45, 2.75) is 38.6 Å². The van der Waals surface area contributed by atoms with Crippen molar-refractivity contribution in [3.63, 3.8) is 0 Å². The summed E-state index contributed by atoms with van der Waals surface area (Å²) in [6.07, 6.45) is 5.94. The number of rotatable bonds is 4. The van der Waals surface area contributed by atoms with Gasteiger partial charge < -0.3 is 10.6 Å². The summed E-state index contributed by atoms with van der Waals surface area (Å²) in [6.45, 7) is 5.83. The molecule has 142 valence electrons. The normalized spacial score (nSPS) is 28.2. The van der Waals surface area contributed by atoms with Gasteiger partial charge in [-0.2, -0.15) is 0 Å². The Balaban J connectivity index is 0.00000113. The van der Waals surface area contributed by atoms with Crippen LogP contribution in [0.5, 0.6) is 0 Å². The van der Waals surface area contributed by atoms with E-state index in [1.54, 1.807) is 4.88 Å². The van der Waals surface area contributed by atoms with Crippen LogP contribution >= 0.6 is 36.2 Å². The highest BCUT2D eigenvalue weighted by molar-refractivity contribution is 7.10. The molecular weight excluding hydrogens is 377 g/mol. The summed E-state index contributed by atoms with van der Waals surface area (Å²) < 4.78 is 0. The van der Waals surface area contributed by atoms with Gasteiger partial charge in [0.1, 0.15) is 0 Å². The molecule has 0 bridgehead atoms. The molecule has 2 N–H and O–H groups in total. The fraction of sp³-hybridized carbons (Fsp3) is 0.722. The average Bonchev–Trinajstić information content (AvgIpc) is 3.21. The smallest absolute Gasteiger partial charge is 0.227 e. The molecule has 1 amide bonds. The van der Waals surface area contributed by atoms with Gasteiger partial charge in [-0.1, -0.05) is 12.8 Å². The molecule has 0 spiro atoms. The summed E-state index contributed by atoms with van der Waals surface area (Å²) in [4.78, 5) is 16.9. The van der Waals surface area contributed by atoms with Gasteiger partial charge in [-0.05, 0) is 48.7 Å². The summed E-state index contributed by atoms with van der Waals surface area (Å²) in [6, 6.07) is 2.25. The second-order valence-electron chi connectivity index (χ2n) is 7.38. The topological polar surface area (TPSA) is 44.4 Å². The number of nitrogens with one attached hydrogen (secondary N) is 2. The van der Waals surface area contributed by atoms with Crippen molar-refractivity contribution in [1.29, 1.82) is 0 Å². The third-order valence-corrected chi connectivity index (χ3v) is 7.11. The Hall–Kier alpha value is -0.330. The molecule has 0 aromatic carbocycles. The zero-order chi connectivity index (χ0) is 15.7. The predicted molar refractivity (Wildman–Crippen MR) is 108 cm³/mol. The standard InChI is InChI=1S/C18H27N3OS.2ClH/c22-17(18-6-2-1-3-15(18)11-19-13-18)20-7-9-21-8-4-16-14(12-21)5-10-23-16;;/h5,10,15,19H,1-4,6-9,11-13H2,(H,20,22);2*1H/t15-,18+;;/m0../s1. The molecule has 1 aromatic rings. The zero-order valence-electron chi connectivity index (χ0n) is 14.6. The maximum atomic E-state index is 12.8. The van der Waals surface area contributed by atoms with Gasteiger partial charge in [0, 0.05) is 37.6 Å². The number of carbonyl (C=O) groups excluding carboxylic acids is 1. The molecule has 2 aliphatic heterocycles. The Morgan fingerprint density at radius 2 is 2.28 bits per heavy atom. The molecule has 4 nitrogen and oxygen atoms in total. The summed E-state index contributed by atoms with van der Waals surface area (Å²) in [7, 11) is 0. The van der Waals surface area contributed by atoms with E-state index >= 15 is 0 Å². The molecular formula is C18H29Cl2N3OS. The van der Waals surface area contributed by atoms with Crippen LogP contribution in [0.15, 0.2) is 11.4 Å². The van der Waals surface area contributed by atoms with E-state index in [9.17, 15) is 4.79 Å². The van der Waals surface area contributed by atoms with E-state index in [2.05, 4.69) is 27.0 Å². The van der Waals surface area contributed by atoms with Gasteiger partial charge in [-0.15, -0.1) is 36.2 Å². The number of carbonyl (C=O) groups is 1. The van der Waals surface area contributed by atoms with Crippen LogP contribution in [0.1, 0.15) is 36.1 Å². The van der Waals surface area contributed by atoms with Crippen LogP contribution in [-0.2, 0) is 17.8 Å². The lowest BCUT2D eigenvalue weighted by molar-refractivity contribution is -0.134. The van der Waals surface area contributed by atoms with Gasteiger partial charge in [0.15, 0.2) is 0 Å². The number of hydrogen-bond donors (Lipinski definition) is 2. The van der Waals surface area contributed by atoms with E-state index in [1.165, 1.54) is 24.8 Å². The molecule has 3 aliphatic rings. The van der Waals surface area contributed by atoms with Crippen LogP contribution < -0.4 is 10.6 Å². The minimum absolute atomic E-state index is 0. The number of halogens is 2. The lowest BCUT2D eigenvalue weighted by atomic mass is 9.67. The van der Waals surface area contributed by atoms with E-state index in [4.69, 9.17) is 0 Å². The highest BCUT2D eigenvalue weighted by atomic mass is 35.5. The average molecular weight is 406 g/mol. The third kappa shape index (κ3) is 4.16. The second kappa shape index (κ2) is 9.05. The van der Waals surface area contributed by atoms with Crippen molar-refractivity contribution in [2.75, 3.05) is 32.7 Å². The van der Waals surface area contributed by atoms with Gasteiger partial charge >= 0.3 is 0 Å². The molecule has 3 heterocycles. The minimum Gasteiger partial charge on any atom is -0.354 e. The van der Waals surface area contributed by atoms with Crippen LogP contribution in [0.3, 0.4) is 0 Å². The van der Waals surface area contributed by atoms with Crippen molar-refractivity contribution < 1.29 is 4.79 Å². The SMILES string of the molecule is Cl.Cl.O=C(NCCN1CCc2sccc2C1)[C@@]12CCCC[C@H]1CNC2. The Morgan fingerprint density at radius 1 is 1.40 bits per heavy atom. The van der Waals surface area contributed by atoms with Crippen LogP contribution in [0.25, 0.3) is 0 Å². The van der Waals surface area contributed by atoms with Gasteiger partial charge in [-0.3, -0.25) is 9.69 Å². The summed E-state index contributed by atoms with van der Waals surface area (Å²) in [5.74, 6) is 0.861. The molecule has 25 heavy (non-hydrogen) atoms. The highest BCUT2D eigenvalue weighted by Gasteiger charge is 2.49. The number of hydrogen-bond acceptors (Lipinski definition) is 4. The number of fused-ring (bicyclic) bond motifs is 2. The van der Waals surface area contributed by atoms with Crippen molar-refractivity contribution in [3.8, 4) is 0 Å². The van der Waals surface area contributed by atoms with Crippen LogP contribution in [0.4, 0.5) is 0 Å². The maximum Gasteiger partial charge on any atom is 0.227 e. The Kier molecular flexibility index (Phi) is 7.59. The number of nitrogens with zero attached hydrogens (tertiary/aromatic N) is 1. The molecule has 1 saturated carbocycles. The van der Waals surface area contributed by atoms with Gasteiger partial charge in [-0.25, -0.2) is 0 Å². The quantitative estimate of drug-likeness (QED) is 0.808. The molecule has 0 radical (unpaired) electrons. The van der Waals surface area contributed by atoms with E-state index in [-0.39, 0.29) is 30.2 Å². The molecule has 2 atom stereocenters. The third-order valence-electron chi connectivity index (χ3n) is 6.09. The Labute approximate surface area is 166 Å². The second-order valence-corrected chi connectivity index (χ2v) is 8.38. The first-order chi connectivity index (χ1) is 11.3. The number of thiophene rings is 1. The highest BCUT2D eigenvalue weighted by Crippen LogP contribution is 2.43. The van der Waals surface area contributed by atoms with Gasteiger partial charge in [0.05, 0.1) is 5.41 Å². The van der Waals surface area contributed by atoms with Crippen LogP contribution in [0.2, 0.25) is 0 Å². The first-order valence-corrected chi connectivity index (χ1v) is 9.92. The van der Waals surface area contributed by atoms with Crippen molar-refractivity contribution in [1.82, 2.24) is 15.5 Å². The summed E-state index contributed by atoms with van der Waals surface area (Å²) >= 11 is 1.88. The molecule has 2 fully saturated rings. The van der Waals surface area contributed by atoms with Crippen LogP contribution in [-0.4, -0.2) is 43.5 Å². The summed E-state index contributed by atoms with van der Waals surface area (Å²) in [5.41, 5.74) is 1.37. The fourth-order valence-electron chi connectivity index (χ4n) is 4.69. The fourth-order valence-corrected chi connectivity index (χ4v) is 5.58. The van der Waals surface area contributed by atoms with Crippen molar-refractivity contribution >= 4 is 42.1 Å². The summed E-state index contributed by atoms with van der Waals surface area (Å²) in [5, 5.41) is 8.93. The number of amides is 1. The van der Waals surface area contributed by atoms with Gasteiger partial charge in [0.25, 0.3) is 0 Å². The molecule has 1 aliphatic carbocycles.